The quantitative estimate of drug-likeness (QED) is 0.696. The number of aromatic nitrogens is 3. The van der Waals surface area contributed by atoms with E-state index < -0.39 is 0 Å². The maximum atomic E-state index is 4.21. The summed E-state index contributed by atoms with van der Waals surface area (Å²) in [6, 6.07) is 0. The normalized spacial score (nSPS) is 10.7. The average molecular weight is 230 g/mol. The molecule has 5 heteroatoms. The third-order valence-corrected chi connectivity index (χ3v) is 2.44. The Kier molecular flexibility index (Phi) is 1.61. The fourth-order valence-corrected chi connectivity index (χ4v) is 1.95. The maximum absolute atomic E-state index is 4.21. The summed E-state index contributed by atoms with van der Waals surface area (Å²) in [5.74, 6) is 0. The summed E-state index contributed by atoms with van der Waals surface area (Å²) < 4.78 is 0.758. The Morgan fingerprint density at radius 3 is 3.09 bits per heavy atom. The van der Waals surface area contributed by atoms with Crippen LogP contribution in [-0.4, -0.2) is 15.0 Å². The van der Waals surface area contributed by atoms with Gasteiger partial charge in [0.05, 0.1) is 11.2 Å². The number of halogens is 1. The van der Waals surface area contributed by atoms with Gasteiger partial charge in [0.1, 0.15) is 4.60 Å². The molecule has 2 heterocycles. The monoisotopic (exact) mass is 229 g/mol. The van der Waals surface area contributed by atoms with Crippen molar-refractivity contribution in [1.29, 1.82) is 0 Å². The van der Waals surface area contributed by atoms with Crippen molar-refractivity contribution in [3.63, 3.8) is 0 Å². The Hall–Kier alpha value is -0.550. The summed E-state index contributed by atoms with van der Waals surface area (Å²) in [5, 5.41) is 0.998. The Bertz CT molecular complexity index is 398. The molecule has 2 aromatic rings. The van der Waals surface area contributed by atoms with Crippen LogP contribution in [0, 0.1) is 6.92 Å². The third kappa shape index (κ3) is 1.25. The first-order valence-corrected chi connectivity index (χ1v) is 4.62. The Morgan fingerprint density at radius 2 is 2.27 bits per heavy atom. The zero-order valence-electron chi connectivity index (χ0n) is 5.71. The number of rotatable bonds is 0. The summed E-state index contributed by atoms with van der Waals surface area (Å²) in [6.45, 7) is 1.95. The second-order valence-electron chi connectivity index (χ2n) is 2.05. The highest BCUT2D eigenvalue weighted by atomic mass is 79.9. The summed E-state index contributed by atoms with van der Waals surface area (Å²) in [6.07, 6.45) is 1.65. The number of hydrogen-bond acceptors (Lipinski definition) is 4. The Balaban J connectivity index is 2.82. The van der Waals surface area contributed by atoms with Crippen LogP contribution in [0.25, 0.3) is 10.5 Å². The van der Waals surface area contributed by atoms with Gasteiger partial charge < -0.3 is 0 Å². The molecule has 0 bridgehead atoms. The standard InChI is InChI=1S/C6H4BrN3S/c1-3-9-5-6(11-3)10-4(7)2-8-5/h2H,1H3. The molecular weight excluding hydrogens is 226 g/mol. The molecule has 0 atom stereocenters. The molecular formula is C6H4BrN3S. The molecule has 2 rings (SSSR count). The average Bonchev–Trinajstić information content (AvgIpc) is 2.27. The van der Waals surface area contributed by atoms with Crippen LogP contribution >= 0.6 is 27.3 Å². The molecule has 0 fully saturated rings. The van der Waals surface area contributed by atoms with Gasteiger partial charge in [-0.1, -0.05) is 11.3 Å². The SMILES string of the molecule is Cc1nc2ncc(Br)nc2s1. The minimum atomic E-state index is 0.732. The van der Waals surface area contributed by atoms with Gasteiger partial charge in [0.2, 0.25) is 0 Å². The van der Waals surface area contributed by atoms with Crippen molar-refractivity contribution in [2.75, 3.05) is 0 Å². The van der Waals surface area contributed by atoms with Crippen molar-refractivity contribution in [2.45, 2.75) is 6.92 Å². The van der Waals surface area contributed by atoms with Crippen LogP contribution in [0.4, 0.5) is 0 Å². The van der Waals surface area contributed by atoms with Crippen molar-refractivity contribution in [1.82, 2.24) is 15.0 Å². The van der Waals surface area contributed by atoms with Crippen LogP contribution in [0.5, 0.6) is 0 Å². The number of nitrogens with zero attached hydrogens (tertiary/aromatic N) is 3. The van der Waals surface area contributed by atoms with Gasteiger partial charge in [-0.05, 0) is 22.9 Å². The lowest BCUT2D eigenvalue weighted by molar-refractivity contribution is 1.21. The molecule has 11 heavy (non-hydrogen) atoms. The van der Waals surface area contributed by atoms with Crippen LogP contribution in [0.3, 0.4) is 0 Å². The Morgan fingerprint density at radius 1 is 1.45 bits per heavy atom. The van der Waals surface area contributed by atoms with E-state index in [2.05, 4.69) is 30.9 Å². The van der Waals surface area contributed by atoms with Gasteiger partial charge in [0.25, 0.3) is 0 Å². The van der Waals surface area contributed by atoms with Crippen molar-refractivity contribution < 1.29 is 0 Å². The number of fused-ring (bicyclic) bond motifs is 1. The molecule has 0 spiro atoms. The predicted molar refractivity (Wildman–Crippen MR) is 47.6 cm³/mol. The van der Waals surface area contributed by atoms with Gasteiger partial charge >= 0.3 is 0 Å². The minimum absolute atomic E-state index is 0.732. The largest absolute Gasteiger partial charge is 0.232 e. The molecule has 0 aliphatic carbocycles. The molecule has 3 nitrogen and oxygen atoms in total. The van der Waals surface area contributed by atoms with Gasteiger partial charge in [-0.15, -0.1) is 0 Å². The van der Waals surface area contributed by atoms with Crippen molar-refractivity contribution in [3.05, 3.63) is 15.8 Å². The number of thiazole rings is 1. The number of aryl methyl sites for hydroxylation is 1. The van der Waals surface area contributed by atoms with E-state index in [9.17, 15) is 0 Å². The molecule has 0 aliphatic rings. The highest BCUT2D eigenvalue weighted by molar-refractivity contribution is 9.10. The van der Waals surface area contributed by atoms with Crippen LogP contribution in [0.2, 0.25) is 0 Å². The van der Waals surface area contributed by atoms with E-state index in [0.717, 1.165) is 20.1 Å². The summed E-state index contributed by atoms with van der Waals surface area (Å²) in [5.41, 5.74) is 0.732. The van der Waals surface area contributed by atoms with Crippen molar-refractivity contribution in [3.8, 4) is 0 Å². The van der Waals surface area contributed by atoms with Gasteiger partial charge in [0, 0.05) is 0 Å². The van der Waals surface area contributed by atoms with Crippen LogP contribution in [0.15, 0.2) is 10.8 Å². The molecule has 0 saturated heterocycles. The number of hydrogen-bond donors (Lipinski definition) is 0. The zero-order chi connectivity index (χ0) is 7.84. The first kappa shape index (κ1) is 7.12. The van der Waals surface area contributed by atoms with Crippen LogP contribution in [-0.2, 0) is 0 Å². The molecule has 0 unspecified atom stereocenters. The lowest BCUT2D eigenvalue weighted by atomic mass is 10.7. The second-order valence-corrected chi connectivity index (χ2v) is 4.05. The van der Waals surface area contributed by atoms with E-state index in [-0.39, 0.29) is 0 Å². The van der Waals surface area contributed by atoms with E-state index in [1.165, 1.54) is 0 Å². The van der Waals surface area contributed by atoms with Crippen LogP contribution in [0.1, 0.15) is 5.01 Å². The molecule has 0 N–H and O–H groups in total. The molecule has 0 radical (unpaired) electrons. The second kappa shape index (κ2) is 2.49. The van der Waals surface area contributed by atoms with Gasteiger partial charge in [-0.3, -0.25) is 0 Å². The molecule has 0 saturated carbocycles. The van der Waals surface area contributed by atoms with Crippen molar-refractivity contribution in [2.24, 2.45) is 0 Å². The van der Waals surface area contributed by atoms with Crippen molar-refractivity contribution >= 4 is 37.7 Å². The predicted octanol–water partition coefficient (Wildman–Crippen LogP) is 2.16. The zero-order valence-corrected chi connectivity index (χ0v) is 8.11. The molecule has 0 aromatic carbocycles. The highest BCUT2D eigenvalue weighted by Crippen LogP contribution is 2.18. The first-order chi connectivity index (χ1) is 5.25. The van der Waals surface area contributed by atoms with E-state index >= 15 is 0 Å². The first-order valence-electron chi connectivity index (χ1n) is 3.01. The fourth-order valence-electron chi connectivity index (χ4n) is 0.803. The van der Waals surface area contributed by atoms with E-state index in [0.29, 0.717) is 0 Å². The Labute approximate surface area is 75.6 Å². The summed E-state index contributed by atoms with van der Waals surface area (Å²) in [4.78, 5) is 13.4. The molecule has 0 amide bonds. The highest BCUT2D eigenvalue weighted by Gasteiger charge is 2.01. The summed E-state index contributed by atoms with van der Waals surface area (Å²) >= 11 is 4.80. The molecule has 2 aromatic heterocycles. The molecule has 56 valence electrons. The van der Waals surface area contributed by atoms with Gasteiger partial charge in [-0.2, -0.15) is 0 Å². The van der Waals surface area contributed by atoms with E-state index in [1.807, 2.05) is 6.92 Å². The third-order valence-electron chi connectivity index (χ3n) is 1.20. The van der Waals surface area contributed by atoms with E-state index in [4.69, 9.17) is 0 Å². The molecule has 0 aliphatic heterocycles. The minimum Gasteiger partial charge on any atom is -0.232 e. The fraction of sp³-hybridized carbons (Fsp3) is 0.167. The smallest absolute Gasteiger partial charge is 0.189 e. The van der Waals surface area contributed by atoms with Crippen LogP contribution < -0.4 is 0 Å². The summed E-state index contributed by atoms with van der Waals surface area (Å²) in [7, 11) is 0. The maximum Gasteiger partial charge on any atom is 0.189 e. The lowest BCUT2D eigenvalue weighted by Crippen LogP contribution is -1.79. The van der Waals surface area contributed by atoms with Gasteiger partial charge in [-0.25, -0.2) is 15.0 Å². The van der Waals surface area contributed by atoms with E-state index in [1.54, 1.807) is 17.5 Å². The van der Waals surface area contributed by atoms with Gasteiger partial charge in [0.15, 0.2) is 10.5 Å². The topological polar surface area (TPSA) is 38.7 Å². The lowest BCUT2D eigenvalue weighted by Gasteiger charge is -1.85.